The van der Waals surface area contributed by atoms with E-state index in [1.54, 1.807) is 29.2 Å². The predicted octanol–water partition coefficient (Wildman–Crippen LogP) is 5.35. The van der Waals surface area contributed by atoms with Crippen LogP contribution in [0.15, 0.2) is 66.7 Å². The van der Waals surface area contributed by atoms with E-state index in [-0.39, 0.29) is 23.8 Å². The summed E-state index contributed by atoms with van der Waals surface area (Å²) in [6.45, 7) is 9.08. The van der Waals surface area contributed by atoms with Crippen LogP contribution in [0.1, 0.15) is 42.3 Å². The molecule has 0 radical (unpaired) electrons. The van der Waals surface area contributed by atoms with Crippen molar-refractivity contribution in [1.29, 1.82) is 0 Å². The number of hydrogen-bond donors (Lipinski definition) is 1. The summed E-state index contributed by atoms with van der Waals surface area (Å²) in [5.74, 6) is 1.01. The Hall–Kier alpha value is -3.80. The Labute approximate surface area is 200 Å². The molecule has 0 saturated carbocycles. The summed E-state index contributed by atoms with van der Waals surface area (Å²) >= 11 is 0. The highest BCUT2D eigenvalue weighted by Crippen LogP contribution is 2.35. The molecule has 0 atom stereocenters. The number of aryl methyl sites for hydroxylation is 1. The monoisotopic (exact) mass is 458 g/mol. The summed E-state index contributed by atoms with van der Waals surface area (Å²) in [5, 5.41) is 2.92. The average molecular weight is 459 g/mol. The number of carbonyl (C=O) groups excluding carboxylic acids is 2. The highest BCUT2D eigenvalue weighted by Gasteiger charge is 2.26. The van der Waals surface area contributed by atoms with Gasteiger partial charge in [-0.3, -0.25) is 9.59 Å². The Kier molecular flexibility index (Phi) is 6.59. The van der Waals surface area contributed by atoms with Crippen LogP contribution in [-0.2, 0) is 10.2 Å². The van der Waals surface area contributed by atoms with E-state index in [0.29, 0.717) is 35.8 Å². The zero-order valence-electron chi connectivity index (χ0n) is 20.1. The summed E-state index contributed by atoms with van der Waals surface area (Å²) in [7, 11) is 0. The van der Waals surface area contributed by atoms with E-state index in [9.17, 15) is 9.59 Å². The van der Waals surface area contributed by atoms with Gasteiger partial charge in [0.2, 0.25) is 0 Å². The van der Waals surface area contributed by atoms with Crippen LogP contribution in [-0.4, -0.2) is 31.6 Å². The van der Waals surface area contributed by atoms with E-state index in [2.05, 4.69) is 38.2 Å². The smallest absolute Gasteiger partial charge is 0.265 e. The highest BCUT2D eigenvalue weighted by atomic mass is 16.5. The molecule has 1 heterocycles. The molecule has 3 aromatic rings. The molecule has 176 valence electrons. The molecule has 1 N–H and O–H groups in total. The largest absolute Gasteiger partial charge is 0.492 e. The number of benzene rings is 3. The van der Waals surface area contributed by atoms with Gasteiger partial charge in [0.1, 0.15) is 18.1 Å². The summed E-state index contributed by atoms with van der Waals surface area (Å²) in [5.41, 5.74) is 4.02. The Morgan fingerprint density at radius 1 is 1.06 bits per heavy atom. The molecule has 0 bridgehead atoms. The van der Waals surface area contributed by atoms with Gasteiger partial charge in [0, 0.05) is 11.3 Å². The first-order valence-corrected chi connectivity index (χ1v) is 11.4. The molecule has 4 rings (SSSR count). The number of nitrogens with one attached hydrogen (secondary N) is 1. The third kappa shape index (κ3) is 5.22. The topological polar surface area (TPSA) is 67.9 Å². The van der Waals surface area contributed by atoms with E-state index in [4.69, 9.17) is 9.47 Å². The van der Waals surface area contributed by atoms with E-state index < -0.39 is 0 Å². The average Bonchev–Trinajstić information content (AvgIpc) is 2.80. The Bertz CT molecular complexity index is 1200. The Morgan fingerprint density at radius 3 is 2.50 bits per heavy atom. The second-order valence-corrected chi connectivity index (χ2v) is 9.41. The minimum absolute atomic E-state index is 0.0256. The number of ether oxygens (including phenoxy) is 2. The second-order valence-electron chi connectivity index (χ2n) is 9.41. The number of rotatable bonds is 6. The minimum Gasteiger partial charge on any atom is -0.492 e. The lowest BCUT2D eigenvalue weighted by Crippen LogP contribution is -2.41. The SMILES string of the molecule is Cc1ccccc1C(=O)Nc1ccc2c(c1)N(CCOc1ccc(C(C)(C)C)cc1)C(=O)CO2. The fourth-order valence-electron chi connectivity index (χ4n) is 3.86. The molecule has 0 aliphatic carbocycles. The quantitative estimate of drug-likeness (QED) is 0.541. The van der Waals surface area contributed by atoms with Gasteiger partial charge in [-0.1, -0.05) is 51.1 Å². The maximum atomic E-state index is 12.7. The third-order valence-electron chi connectivity index (χ3n) is 5.85. The minimum atomic E-state index is -0.199. The zero-order valence-corrected chi connectivity index (χ0v) is 20.1. The molecule has 0 aromatic heterocycles. The zero-order chi connectivity index (χ0) is 24.3. The van der Waals surface area contributed by atoms with Crippen LogP contribution in [0.25, 0.3) is 0 Å². The molecule has 34 heavy (non-hydrogen) atoms. The summed E-state index contributed by atoms with van der Waals surface area (Å²) in [6, 6.07) is 20.8. The van der Waals surface area contributed by atoms with Gasteiger partial charge in [-0.05, 0) is 59.9 Å². The van der Waals surface area contributed by atoms with Crippen molar-refractivity contribution in [2.75, 3.05) is 30.0 Å². The number of fused-ring (bicyclic) bond motifs is 1. The molecular formula is C28H30N2O4. The molecule has 2 amide bonds. The predicted molar refractivity (Wildman–Crippen MR) is 134 cm³/mol. The number of hydrogen-bond acceptors (Lipinski definition) is 4. The first-order chi connectivity index (χ1) is 16.2. The van der Waals surface area contributed by atoms with E-state index in [0.717, 1.165) is 11.3 Å². The van der Waals surface area contributed by atoms with Gasteiger partial charge >= 0.3 is 0 Å². The summed E-state index contributed by atoms with van der Waals surface area (Å²) in [6.07, 6.45) is 0. The number of anilines is 2. The molecule has 3 aromatic carbocycles. The van der Waals surface area contributed by atoms with Crippen LogP contribution in [0.3, 0.4) is 0 Å². The molecule has 6 nitrogen and oxygen atoms in total. The molecule has 6 heteroatoms. The van der Waals surface area contributed by atoms with Crippen molar-refractivity contribution in [2.45, 2.75) is 33.1 Å². The standard InChI is InChI=1S/C28H30N2O4/c1-19-7-5-6-8-23(19)27(32)29-21-11-14-25-24(17-21)30(26(31)18-34-25)15-16-33-22-12-9-20(10-13-22)28(2,3)4/h5-14,17H,15-16,18H2,1-4H3,(H,29,32). The summed E-state index contributed by atoms with van der Waals surface area (Å²) in [4.78, 5) is 27.0. The van der Waals surface area contributed by atoms with Gasteiger partial charge in [0.25, 0.3) is 11.8 Å². The summed E-state index contributed by atoms with van der Waals surface area (Å²) < 4.78 is 11.5. The van der Waals surface area contributed by atoms with Crippen LogP contribution in [0.2, 0.25) is 0 Å². The number of amides is 2. The Morgan fingerprint density at radius 2 is 1.79 bits per heavy atom. The van der Waals surface area contributed by atoms with Crippen LogP contribution in [0.5, 0.6) is 11.5 Å². The fourth-order valence-corrected chi connectivity index (χ4v) is 3.86. The van der Waals surface area contributed by atoms with Crippen LogP contribution in [0, 0.1) is 6.92 Å². The lowest BCUT2D eigenvalue weighted by Gasteiger charge is -2.29. The normalized spacial score (nSPS) is 13.2. The number of nitrogens with zero attached hydrogens (tertiary/aromatic N) is 1. The van der Waals surface area contributed by atoms with Gasteiger partial charge in [0.15, 0.2) is 6.61 Å². The van der Waals surface area contributed by atoms with Crippen molar-refractivity contribution in [3.05, 3.63) is 83.4 Å². The van der Waals surface area contributed by atoms with Crippen molar-refractivity contribution < 1.29 is 19.1 Å². The van der Waals surface area contributed by atoms with Crippen LogP contribution < -0.4 is 19.7 Å². The van der Waals surface area contributed by atoms with Crippen molar-refractivity contribution in [2.24, 2.45) is 0 Å². The lowest BCUT2D eigenvalue weighted by atomic mass is 9.87. The van der Waals surface area contributed by atoms with Gasteiger partial charge in [-0.2, -0.15) is 0 Å². The van der Waals surface area contributed by atoms with Crippen molar-refractivity contribution in [3.63, 3.8) is 0 Å². The van der Waals surface area contributed by atoms with Gasteiger partial charge in [0.05, 0.1) is 12.2 Å². The second kappa shape index (κ2) is 9.59. The molecule has 0 fully saturated rings. The number of carbonyl (C=O) groups is 2. The molecule has 1 aliphatic rings. The van der Waals surface area contributed by atoms with Crippen molar-refractivity contribution in [3.8, 4) is 11.5 Å². The first-order valence-electron chi connectivity index (χ1n) is 11.4. The Balaban J connectivity index is 1.45. The van der Waals surface area contributed by atoms with Crippen LogP contribution in [0.4, 0.5) is 11.4 Å². The molecule has 0 saturated heterocycles. The van der Waals surface area contributed by atoms with Gasteiger partial charge in [-0.25, -0.2) is 0 Å². The van der Waals surface area contributed by atoms with E-state index >= 15 is 0 Å². The molecule has 0 spiro atoms. The lowest BCUT2D eigenvalue weighted by molar-refractivity contribution is -0.121. The van der Waals surface area contributed by atoms with Crippen molar-refractivity contribution >= 4 is 23.2 Å². The fraction of sp³-hybridized carbons (Fsp3) is 0.286. The molecule has 1 aliphatic heterocycles. The van der Waals surface area contributed by atoms with E-state index in [1.165, 1.54) is 5.56 Å². The molecular weight excluding hydrogens is 428 g/mol. The van der Waals surface area contributed by atoms with E-state index in [1.807, 2.05) is 37.3 Å². The maximum Gasteiger partial charge on any atom is 0.265 e. The van der Waals surface area contributed by atoms with Gasteiger partial charge < -0.3 is 19.7 Å². The highest BCUT2D eigenvalue weighted by molar-refractivity contribution is 6.06. The van der Waals surface area contributed by atoms with Crippen molar-refractivity contribution in [1.82, 2.24) is 0 Å². The maximum absolute atomic E-state index is 12.7. The van der Waals surface area contributed by atoms with Gasteiger partial charge in [-0.15, -0.1) is 0 Å². The first kappa shape index (κ1) is 23.4. The van der Waals surface area contributed by atoms with Crippen LogP contribution >= 0.6 is 0 Å². The molecule has 0 unspecified atom stereocenters. The third-order valence-corrected chi connectivity index (χ3v) is 5.85.